The first-order valence-electron chi connectivity index (χ1n) is 8.45. The van der Waals surface area contributed by atoms with Crippen molar-refractivity contribution >= 4 is 6.03 Å². The SMILES string of the molecule is Cc1ccc(CNC(=O)N2CCCC2CC(O)c2ccco2)cc1. The van der Waals surface area contributed by atoms with E-state index in [0.29, 0.717) is 18.7 Å². The number of amides is 2. The zero-order valence-corrected chi connectivity index (χ0v) is 13.9. The maximum atomic E-state index is 12.5. The Labute approximate surface area is 142 Å². The highest BCUT2D eigenvalue weighted by molar-refractivity contribution is 5.74. The van der Waals surface area contributed by atoms with Crippen LogP contribution in [0.2, 0.25) is 0 Å². The second kappa shape index (κ2) is 7.53. The van der Waals surface area contributed by atoms with Crippen molar-refractivity contribution in [2.45, 2.75) is 44.9 Å². The number of likely N-dealkylation sites (tertiary alicyclic amines) is 1. The van der Waals surface area contributed by atoms with Gasteiger partial charge in [-0.15, -0.1) is 0 Å². The maximum Gasteiger partial charge on any atom is 0.317 e. The second-order valence-corrected chi connectivity index (χ2v) is 6.40. The van der Waals surface area contributed by atoms with Crippen molar-refractivity contribution in [3.05, 3.63) is 59.5 Å². The Kier molecular flexibility index (Phi) is 5.20. The number of aliphatic hydroxyl groups is 1. The number of furan rings is 1. The molecule has 128 valence electrons. The first-order chi connectivity index (χ1) is 11.6. The number of urea groups is 1. The van der Waals surface area contributed by atoms with Crippen LogP contribution in [0.5, 0.6) is 0 Å². The molecule has 2 unspecified atom stereocenters. The van der Waals surface area contributed by atoms with Crippen molar-refractivity contribution < 1.29 is 14.3 Å². The minimum absolute atomic E-state index is 0.0446. The quantitative estimate of drug-likeness (QED) is 0.884. The Morgan fingerprint density at radius 3 is 2.88 bits per heavy atom. The lowest BCUT2D eigenvalue weighted by atomic mass is 10.1. The molecule has 5 heteroatoms. The first kappa shape index (κ1) is 16.6. The molecule has 3 rings (SSSR count). The van der Waals surface area contributed by atoms with Gasteiger partial charge in [0.2, 0.25) is 0 Å². The van der Waals surface area contributed by atoms with Crippen LogP contribution in [0.1, 0.15) is 42.3 Å². The molecule has 1 aromatic carbocycles. The van der Waals surface area contributed by atoms with Gasteiger partial charge < -0.3 is 19.7 Å². The molecule has 0 spiro atoms. The summed E-state index contributed by atoms with van der Waals surface area (Å²) < 4.78 is 5.25. The summed E-state index contributed by atoms with van der Waals surface area (Å²) in [6.07, 6.45) is 3.27. The van der Waals surface area contributed by atoms with E-state index in [1.165, 1.54) is 5.56 Å². The highest BCUT2D eigenvalue weighted by Gasteiger charge is 2.31. The lowest BCUT2D eigenvalue weighted by Gasteiger charge is -2.26. The number of carbonyl (C=O) groups is 1. The van der Waals surface area contributed by atoms with Crippen LogP contribution in [0.4, 0.5) is 4.79 Å². The fourth-order valence-corrected chi connectivity index (χ4v) is 3.19. The minimum atomic E-state index is -0.671. The van der Waals surface area contributed by atoms with Gasteiger partial charge in [0.05, 0.1) is 6.26 Å². The Morgan fingerprint density at radius 2 is 2.17 bits per heavy atom. The number of nitrogens with one attached hydrogen (secondary N) is 1. The van der Waals surface area contributed by atoms with Crippen molar-refractivity contribution in [1.29, 1.82) is 0 Å². The summed E-state index contributed by atoms with van der Waals surface area (Å²) in [7, 11) is 0. The molecule has 0 aliphatic carbocycles. The van der Waals surface area contributed by atoms with E-state index in [1.807, 2.05) is 36.1 Å². The van der Waals surface area contributed by atoms with Gasteiger partial charge in [-0.3, -0.25) is 0 Å². The van der Waals surface area contributed by atoms with Crippen molar-refractivity contribution in [2.24, 2.45) is 0 Å². The highest BCUT2D eigenvalue weighted by atomic mass is 16.4. The van der Waals surface area contributed by atoms with Gasteiger partial charge in [0.1, 0.15) is 11.9 Å². The van der Waals surface area contributed by atoms with E-state index in [-0.39, 0.29) is 12.1 Å². The zero-order valence-electron chi connectivity index (χ0n) is 13.9. The van der Waals surface area contributed by atoms with E-state index in [9.17, 15) is 9.90 Å². The van der Waals surface area contributed by atoms with Crippen LogP contribution in [0, 0.1) is 6.92 Å². The third-order valence-corrected chi connectivity index (χ3v) is 4.57. The largest absolute Gasteiger partial charge is 0.467 e. The molecule has 1 aliphatic rings. The van der Waals surface area contributed by atoms with Gasteiger partial charge in [-0.25, -0.2) is 4.79 Å². The minimum Gasteiger partial charge on any atom is -0.467 e. The molecular formula is C19H24N2O3. The molecule has 2 N–H and O–H groups in total. The van der Waals surface area contributed by atoms with E-state index in [0.717, 1.165) is 24.9 Å². The summed E-state index contributed by atoms with van der Waals surface area (Å²) in [5, 5.41) is 13.2. The van der Waals surface area contributed by atoms with Crippen molar-refractivity contribution in [1.82, 2.24) is 10.2 Å². The number of benzene rings is 1. The molecular weight excluding hydrogens is 304 g/mol. The van der Waals surface area contributed by atoms with E-state index >= 15 is 0 Å². The van der Waals surface area contributed by atoms with Crippen LogP contribution in [0.3, 0.4) is 0 Å². The number of hydrogen-bond donors (Lipinski definition) is 2. The summed E-state index contributed by atoms with van der Waals surface area (Å²) in [5.41, 5.74) is 2.29. The van der Waals surface area contributed by atoms with Crippen LogP contribution in [0.25, 0.3) is 0 Å². The maximum absolute atomic E-state index is 12.5. The fraction of sp³-hybridized carbons (Fsp3) is 0.421. The Balaban J connectivity index is 1.54. The zero-order chi connectivity index (χ0) is 16.9. The average molecular weight is 328 g/mol. The van der Waals surface area contributed by atoms with Gasteiger partial charge in [0.25, 0.3) is 0 Å². The number of carbonyl (C=O) groups excluding carboxylic acids is 1. The predicted molar refractivity (Wildman–Crippen MR) is 91.4 cm³/mol. The van der Waals surface area contributed by atoms with Crippen LogP contribution >= 0.6 is 0 Å². The molecule has 2 aromatic rings. The highest BCUT2D eigenvalue weighted by Crippen LogP contribution is 2.27. The van der Waals surface area contributed by atoms with Gasteiger partial charge in [-0.1, -0.05) is 29.8 Å². The molecule has 1 aromatic heterocycles. The Bertz CT molecular complexity index is 652. The molecule has 2 amide bonds. The number of hydrogen-bond acceptors (Lipinski definition) is 3. The van der Waals surface area contributed by atoms with Crippen LogP contribution in [-0.4, -0.2) is 28.6 Å². The van der Waals surface area contributed by atoms with Gasteiger partial charge >= 0.3 is 6.03 Å². The number of aryl methyl sites for hydroxylation is 1. The van der Waals surface area contributed by atoms with Gasteiger partial charge in [0.15, 0.2) is 0 Å². The van der Waals surface area contributed by atoms with E-state index in [4.69, 9.17) is 4.42 Å². The summed E-state index contributed by atoms with van der Waals surface area (Å²) in [6.45, 7) is 3.29. The lowest BCUT2D eigenvalue weighted by molar-refractivity contribution is 0.108. The fourth-order valence-electron chi connectivity index (χ4n) is 3.19. The molecule has 1 fully saturated rings. The monoisotopic (exact) mass is 328 g/mol. The topological polar surface area (TPSA) is 65.7 Å². The third-order valence-electron chi connectivity index (χ3n) is 4.57. The summed E-state index contributed by atoms with van der Waals surface area (Å²) in [4.78, 5) is 14.3. The number of nitrogens with zero attached hydrogens (tertiary/aromatic N) is 1. The molecule has 1 aliphatic heterocycles. The molecule has 1 saturated heterocycles. The summed E-state index contributed by atoms with van der Waals surface area (Å²) >= 11 is 0. The standard InChI is InChI=1S/C19H24N2O3/c1-14-6-8-15(9-7-14)13-20-19(23)21-10-2-4-16(21)12-17(22)18-5-3-11-24-18/h3,5-9,11,16-17,22H,2,4,10,12-13H2,1H3,(H,20,23). The van der Waals surface area contributed by atoms with Gasteiger partial charge in [-0.2, -0.15) is 0 Å². The summed E-state index contributed by atoms with van der Waals surface area (Å²) in [6, 6.07) is 11.6. The van der Waals surface area contributed by atoms with Crippen LogP contribution in [0.15, 0.2) is 47.1 Å². The van der Waals surface area contributed by atoms with Crippen molar-refractivity contribution in [3.8, 4) is 0 Å². The third kappa shape index (κ3) is 3.97. The summed E-state index contributed by atoms with van der Waals surface area (Å²) in [5.74, 6) is 0.557. The van der Waals surface area contributed by atoms with Crippen molar-refractivity contribution in [2.75, 3.05) is 6.54 Å². The van der Waals surface area contributed by atoms with E-state index in [2.05, 4.69) is 5.32 Å². The molecule has 24 heavy (non-hydrogen) atoms. The molecule has 5 nitrogen and oxygen atoms in total. The van der Waals surface area contributed by atoms with E-state index < -0.39 is 6.10 Å². The predicted octanol–water partition coefficient (Wildman–Crippen LogP) is 3.39. The van der Waals surface area contributed by atoms with Crippen molar-refractivity contribution in [3.63, 3.8) is 0 Å². The van der Waals surface area contributed by atoms with E-state index in [1.54, 1.807) is 18.4 Å². The molecule has 2 heterocycles. The average Bonchev–Trinajstić information content (AvgIpc) is 3.25. The molecule has 0 radical (unpaired) electrons. The van der Waals surface area contributed by atoms with Crippen LogP contribution < -0.4 is 5.32 Å². The van der Waals surface area contributed by atoms with Crippen LogP contribution in [-0.2, 0) is 6.54 Å². The Morgan fingerprint density at radius 1 is 1.38 bits per heavy atom. The molecule has 2 atom stereocenters. The van der Waals surface area contributed by atoms with Gasteiger partial charge in [0, 0.05) is 25.6 Å². The number of rotatable bonds is 5. The Hall–Kier alpha value is -2.27. The van der Waals surface area contributed by atoms with Gasteiger partial charge in [-0.05, 0) is 37.5 Å². The second-order valence-electron chi connectivity index (χ2n) is 6.40. The molecule has 0 saturated carbocycles. The smallest absolute Gasteiger partial charge is 0.317 e. The lowest BCUT2D eigenvalue weighted by Crippen LogP contribution is -2.43. The number of aliphatic hydroxyl groups excluding tert-OH is 1. The first-order valence-corrected chi connectivity index (χ1v) is 8.45. The normalized spacial score (nSPS) is 18.6. The molecule has 0 bridgehead atoms.